The third-order valence-electron chi connectivity index (χ3n) is 8.50. The number of rotatable bonds is 12. The molecule has 0 bridgehead atoms. The zero-order chi connectivity index (χ0) is 37.6. The van der Waals surface area contributed by atoms with Crippen LogP contribution in [0.5, 0.6) is 0 Å². The lowest BCUT2D eigenvalue weighted by molar-refractivity contribution is -0.346. The SMILES string of the molecule is C#Cc1cc2c(s1)C(c1ccccc1C)=NC(COOCOCOCOC(=O)C1N=C(c3ccccc3C)c3sc(C#C)cc3N(C)C1=O)C(=O)N2C. The predicted octanol–water partition coefficient (Wildman–Crippen LogP) is 4.85. The van der Waals surface area contributed by atoms with E-state index in [-0.39, 0.29) is 26.1 Å². The van der Waals surface area contributed by atoms with Gasteiger partial charge in [-0.25, -0.2) is 14.6 Å². The predicted molar refractivity (Wildman–Crippen MR) is 202 cm³/mol. The molecule has 2 unspecified atom stereocenters. The van der Waals surface area contributed by atoms with E-state index in [0.717, 1.165) is 27.1 Å². The molecule has 2 atom stereocenters. The van der Waals surface area contributed by atoms with Gasteiger partial charge in [-0.05, 0) is 37.1 Å². The van der Waals surface area contributed by atoms with Gasteiger partial charge in [0.05, 0.1) is 42.3 Å². The molecule has 4 aromatic rings. The van der Waals surface area contributed by atoms with E-state index in [4.69, 9.17) is 41.8 Å². The van der Waals surface area contributed by atoms with Crippen LogP contribution in [0.25, 0.3) is 0 Å². The summed E-state index contributed by atoms with van der Waals surface area (Å²) in [5, 5.41) is 0. The number of thiophene rings is 2. The maximum Gasteiger partial charge on any atom is 0.342 e. The van der Waals surface area contributed by atoms with Crippen molar-refractivity contribution in [2.24, 2.45) is 9.98 Å². The van der Waals surface area contributed by atoms with Crippen molar-refractivity contribution in [2.45, 2.75) is 25.9 Å². The number of carbonyl (C=O) groups is 3. The summed E-state index contributed by atoms with van der Waals surface area (Å²) >= 11 is 2.70. The van der Waals surface area contributed by atoms with Gasteiger partial charge >= 0.3 is 5.97 Å². The Morgan fingerprint density at radius 3 is 1.85 bits per heavy atom. The number of terminal acetylenes is 2. The molecule has 0 saturated heterocycles. The lowest BCUT2D eigenvalue weighted by Crippen LogP contribution is -2.40. The van der Waals surface area contributed by atoms with Gasteiger partial charge in [0, 0.05) is 25.2 Å². The molecule has 4 heterocycles. The van der Waals surface area contributed by atoms with E-state index in [1.807, 2.05) is 62.4 Å². The third-order valence-corrected chi connectivity index (χ3v) is 10.6. The average molecular weight is 751 g/mol. The average Bonchev–Trinajstić information content (AvgIpc) is 3.76. The van der Waals surface area contributed by atoms with E-state index in [9.17, 15) is 14.4 Å². The normalized spacial score (nSPS) is 16.8. The molecule has 2 aliphatic rings. The van der Waals surface area contributed by atoms with Crippen LogP contribution in [-0.2, 0) is 38.4 Å². The Morgan fingerprint density at radius 1 is 0.755 bits per heavy atom. The van der Waals surface area contributed by atoms with E-state index in [1.54, 1.807) is 26.2 Å². The van der Waals surface area contributed by atoms with Gasteiger partial charge in [-0.3, -0.25) is 19.6 Å². The lowest BCUT2D eigenvalue weighted by Gasteiger charge is -2.18. The highest BCUT2D eigenvalue weighted by atomic mass is 32.1. The quantitative estimate of drug-likeness (QED) is 0.0383. The number of hydrogen-bond acceptors (Lipinski definition) is 12. The molecule has 2 aromatic carbocycles. The van der Waals surface area contributed by atoms with Crippen LogP contribution in [0.2, 0.25) is 0 Å². The second-order valence-corrected chi connectivity index (χ2v) is 14.0. The number of aryl methyl sites for hydroxylation is 2. The van der Waals surface area contributed by atoms with Crippen molar-refractivity contribution >= 4 is 63.3 Å². The third kappa shape index (κ3) is 7.84. The number of ether oxygens (including phenoxy) is 3. The number of likely N-dealkylation sites (N-methyl/N-ethyl adjacent to an activating group) is 2. The Morgan fingerprint density at radius 2 is 1.28 bits per heavy atom. The Labute approximate surface area is 314 Å². The van der Waals surface area contributed by atoms with Crippen LogP contribution < -0.4 is 9.80 Å². The molecule has 2 aliphatic heterocycles. The summed E-state index contributed by atoms with van der Waals surface area (Å²) in [7, 11) is 3.23. The number of esters is 1. The first kappa shape index (κ1) is 37.3. The van der Waals surface area contributed by atoms with Gasteiger partial charge in [0.1, 0.15) is 6.61 Å². The second-order valence-electron chi connectivity index (χ2n) is 11.9. The van der Waals surface area contributed by atoms with Gasteiger partial charge in [0.25, 0.3) is 11.8 Å². The molecule has 0 aliphatic carbocycles. The first-order valence-electron chi connectivity index (χ1n) is 16.2. The number of nitrogens with zero attached hydrogens (tertiary/aromatic N) is 4. The molecule has 0 radical (unpaired) electrons. The highest BCUT2D eigenvalue weighted by Gasteiger charge is 2.37. The molecule has 2 amide bonds. The van der Waals surface area contributed by atoms with Crippen molar-refractivity contribution in [2.75, 3.05) is 50.9 Å². The number of anilines is 2. The largest absolute Gasteiger partial charge is 0.436 e. The van der Waals surface area contributed by atoms with Crippen molar-refractivity contribution in [1.29, 1.82) is 0 Å². The standard InChI is InChI=1S/C39H34N4O8S2/c1-7-25-17-30-35(52-25)32(27-15-11-9-13-23(27)3)40-29(37(44)42(30)5)19-50-51-22-48-20-47-21-49-39(46)34-38(45)43(6)31-18-26(8-2)53-36(31)33(41-34)28-16-12-10-14-24(28)4/h1-2,9-18,29,34H,19-22H2,3-6H3. The molecule has 0 spiro atoms. The minimum Gasteiger partial charge on any atom is -0.436 e. The number of aliphatic imine (C=N–C) groups is 2. The maximum absolute atomic E-state index is 13.4. The second kappa shape index (κ2) is 16.5. The zero-order valence-electron chi connectivity index (χ0n) is 29.3. The summed E-state index contributed by atoms with van der Waals surface area (Å²) in [6.45, 7) is 2.48. The Hall–Kier alpha value is -5.45. The summed E-state index contributed by atoms with van der Waals surface area (Å²) in [6.07, 6.45) is 11.3. The number of fused-ring (bicyclic) bond motifs is 2. The fraction of sp³-hybridized carbons (Fsp3) is 0.256. The molecule has 6 rings (SSSR count). The van der Waals surface area contributed by atoms with Gasteiger partial charge in [0.15, 0.2) is 26.4 Å². The minimum absolute atomic E-state index is 0.192. The first-order valence-corrected chi connectivity index (χ1v) is 17.9. The van der Waals surface area contributed by atoms with Crippen LogP contribution in [0.15, 0.2) is 70.6 Å². The van der Waals surface area contributed by atoms with E-state index in [0.29, 0.717) is 37.4 Å². The van der Waals surface area contributed by atoms with E-state index < -0.39 is 30.8 Å². The number of hydrogen-bond donors (Lipinski definition) is 0. The van der Waals surface area contributed by atoms with Crippen molar-refractivity contribution in [1.82, 2.24) is 0 Å². The lowest BCUT2D eigenvalue weighted by atomic mass is 10.0. The van der Waals surface area contributed by atoms with Gasteiger partial charge in [0.2, 0.25) is 6.04 Å². The first-order chi connectivity index (χ1) is 25.6. The fourth-order valence-corrected chi connectivity index (χ4v) is 7.73. The minimum atomic E-state index is -1.48. The Bertz CT molecular complexity index is 2210. The maximum atomic E-state index is 13.4. The Kier molecular flexibility index (Phi) is 11.6. The summed E-state index contributed by atoms with van der Waals surface area (Å²) < 4.78 is 15.8. The summed E-state index contributed by atoms with van der Waals surface area (Å²) in [4.78, 5) is 65.5. The van der Waals surface area contributed by atoms with Crippen LogP contribution in [0.3, 0.4) is 0 Å². The number of benzene rings is 2. The van der Waals surface area contributed by atoms with E-state index in [2.05, 4.69) is 16.8 Å². The molecular weight excluding hydrogens is 717 g/mol. The van der Waals surface area contributed by atoms with Gasteiger partial charge < -0.3 is 24.0 Å². The van der Waals surface area contributed by atoms with Crippen molar-refractivity contribution in [3.05, 3.63) is 102 Å². The smallest absolute Gasteiger partial charge is 0.342 e. The highest BCUT2D eigenvalue weighted by molar-refractivity contribution is 7.16. The fourth-order valence-electron chi connectivity index (χ4n) is 5.71. The summed E-state index contributed by atoms with van der Waals surface area (Å²) in [5.41, 5.74) is 5.86. The van der Waals surface area contributed by atoms with Crippen LogP contribution in [-0.4, -0.2) is 82.4 Å². The molecule has 14 heteroatoms. The van der Waals surface area contributed by atoms with Gasteiger partial charge in [-0.1, -0.05) is 60.4 Å². The zero-order valence-corrected chi connectivity index (χ0v) is 30.9. The topological polar surface area (TPSA) is 129 Å². The number of carbonyl (C=O) groups excluding carboxylic acids is 3. The van der Waals surface area contributed by atoms with Crippen molar-refractivity contribution < 1.29 is 38.4 Å². The summed E-state index contributed by atoms with van der Waals surface area (Å²) in [6, 6.07) is 16.4. The summed E-state index contributed by atoms with van der Waals surface area (Å²) in [5.74, 6) is 3.49. The van der Waals surface area contributed by atoms with Gasteiger partial charge in [-0.2, -0.15) is 0 Å². The van der Waals surface area contributed by atoms with Crippen LogP contribution in [0, 0.1) is 38.5 Å². The van der Waals surface area contributed by atoms with Crippen molar-refractivity contribution in [3.8, 4) is 24.7 Å². The molecule has 12 nitrogen and oxygen atoms in total. The van der Waals surface area contributed by atoms with E-state index >= 15 is 0 Å². The molecule has 53 heavy (non-hydrogen) atoms. The van der Waals surface area contributed by atoms with Crippen molar-refractivity contribution in [3.63, 3.8) is 0 Å². The molecule has 0 fully saturated rings. The number of amides is 2. The van der Waals surface area contributed by atoms with Gasteiger partial charge in [-0.15, -0.1) is 35.5 Å². The van der Waals surface area contributed by atoms with E-state index in [1.165, 1.54) is 32.5 Å². The van der Waals surface area contributed by atoms with Crippen LogP contribution >= 0.6 is 22.7 Å². The molecule has 270 valence electrons. The molecule has 0 saturated carbocycles. The molecular formula is C39H34N4O8S2. The highest BCUT2D eigenvalue weighted by Crippen LogP contribution is 2.37. The van der Waals surface area contributed by atoms with Crippen LogP contribution in [0.1, 0.15) is 41.8 Å². The molecule has 2 aromatic heterocycles. The molecule has 0 N–H and O–H groups in total. The monoisotopic (exact) mass is 750 g/mol. The van der Waals surface area contributed by atoms with Crippen LogP contribution in [0.4, 0.5) is 11.4 Å². The Balaban J connectivity index is 1.02.